The minimum atomic E-state index is -0.512. The van der Waals surface area contributed by atoms with Crippen LogP contribution in [-0.2, 0) is 4.74 Å². The first-order valence-corrected chi connectivity index (χ1v) is 7.82. The maximum atomic E-state index is 12.5. The highest BCUT2D eigenvalue weighted by Gasteiger charge is 2.38. The zero-order valence-electron chi connectivity index (χ0n) is 13.8. The van der Waals surface area contributed by atoms with Gasteiger partial charge in [0.1, 0.15) is 11.9 Å². The molecule has 2 N–H and O–H groups in total. The second-order valence-corrected chi connectivity index (χ2v) is 6.88. The number of likely N-dealkylation sites (tertiary alicyclic amines) is 1. The van der Waals surface area contributed by atoms with Crippen molar-refractivity contribution in [2.75, 3.05) is 6.54 Å². The summed E-state index contributed by atoms with van der Waals surface area (Å²) < 4.78 is 5.54. The Morgan fingerprint density at radius 2 is 2.05 bits per heavy atom. The highest BCUT2D eigenvalue weighted by Crippen LogP contribution is 2.31. The second kappa shape index (κ2) is 6.60. The molecule has 2 rings (SSSR count). The van der Waals surface area contributed by atoms with Crippen molar-refractivity contribution >= 4 is 6.09 Å². The number of hydrogen-bond donors (Lipinski definition) is 1. The van der Waals surface area contributed by atoms with E-state index in [1.54, 1.807) is 17.3 Å². The molecule has 3 atom stereocenters. The van der Waals surface area contributed by atoms with Gasteiger partial charge >= 0.3 is 6.09 Å². The monoisotopic (exact) mass is 306 g/mol. The minimum absolute atomic E-state index is 0.00994. The molecule has 1 aromatic heterocycles. The van der Waals surface area contributed by atoms with E-state index >= 15 is 0 Å². The Bertz CT molecular complexity index is 501. The summed E-state index contributed by atoms with van der Waals surface area (Å²) in [6.45, 7) is 8.26. The predicted molar refractivity (Wildman–Crippen MR) is 84.4 cm³/mol. The fraction of sp³-hybridized carbons (Fsp3) is 0.688. The molecule has 3 unspecified atom stereocenters. The summed E-state index contributed by atoms with van der Waals surface area (Å²) in [6, 6.07) is -0.0628. The van der Waals surface area contributed by atoms with Gasteiger partial charge in [-0.25, -0.2) is 14.8 Å². The van der Waals surface area contributed by atoms with Gasteiger partial charge in [0, 0.05) is 36.9 Å². The number of rotatable bonds is 2. The van der Waals surface area contributed by atoms with E-state index in [1.807, 2.05) is 27.7 Å². The van der Waals surface area contributed by atoms with Crippen LogP contribution < -0.4 is 5.73 Å². The maximum Gasteiger partial charge on any atom is 0.410 e. The summed E-state index contributed by atoms with van der Waals surface area (Å²) in [4.78, 5) is 22.4. The molecule has 6 heteroatoms. The van der Waals surface area contributed by atoms with E-state index in [4.69, 9.17) is 10.5 Å². The van der Waals surface area contributed by atoms with Gasteiger partial charge in [-0.15, -0.1) is 0 Å². The number of carbonyl (C=O) groups is 1. The summed E-state index contributed by atoms with van der Waals surface area (Å²) >= 11 is 0. The average Bonchev–Trinajstić information content (AvgIpc) is 2.45. The molecule has 122 valence electrons. The van der Waals surface area contributed by atoms with Crippen molar-refractivity contribution in [3.05, 3.63) is 24.3 Å². The van der Waals surface area contributed by atoms with Crippen LogP contribution in [0.15, 0.2) is 18.7 Å². The van der Waals surface area contributed by atoms with Gasteiger partial charge in [0.05, 0.1) is 0 Å². The maximum absolute atomic E-state index is 12.5. The lowest BCUT2D eigenvalue weighted by molar-refractivity contribution is 0.00350. The molecule has 1 aliphatic rings. The number of ether oxygens (including phenoxy) is 1. The second-order valence-electron chi connectivity index (χ2n) is 6.88. The van der Waals surface area contributed by atoms with E-state index in [0.29, 0.717) is 6.54 Å². The first kappa shape index (κ1) is 16.7. The van der Waals surface area contributed by atoms with Crippen LogP contribution in [0, 0.1) is 0 Å². The molecule has 1 saturated heterocycles. The van der Waals surface area contributed by atoms with Crippen LogP contribution >= 0.6 is 0 Å². The Hall–Kier alpha value is -1.69. The Labute approximate surface area is 132 Å². The summed E-state index contributed by atoms with van der Waals surface area (Å²) in [5.41, 5.74) is 6.82. The van der Waals surface area contributed by atoms with Crippen molar-refractivity contribution in [1.82, 2.24) is 14.9 Å². The van der Waals surface area contributed by atoms with Gasteiger partial charge in [0.15, 0.2) is 0 Å². The molecule has 6 nitrogen and oxygen atoms in total. The van der Waals surface area contributed by atoms with Crippen LogP contribution in [0.2, 0.25) is 0 Å². The van der Waals surface area contributed by atoms with E-state index in [9.17, 15) is 4.79 Å². The van der Waals surface area contributed by atoms with E-state index in [2.05, 4.69) is 9.97 Å². The lowest BCUT2D eigenvalue weighted by atomic mass is 9.84. The summed E-state index contributed by atoms with van der Waals surface area (Å²) in [5.74, 6) is 0.145. The molecule has 22 heavy (non-hydrogen) atoms. The minimum Gasteiger partial charge on any atom is -0.444 e. The Morgan fingerprint density at radius 3 is 2.59 bits per heavy atom. The van der Waals surface area contributed by atoms with Crippen molar-refractivity contribution in [2.24, 2.45) is 5.73 Å². The molecule has 0 saturated carbocycles. The van der Waals surface area contributed by atoms with Crippen molar-refractivity contribution in [2.45, 2.75) is 64.1 Å². The van der Waals surface area contributed by atoms with Gasteiger partial charge < -0.3 is 15.4 Å². The molecular weight excluding hydrogens is 280 g/mol. The number of piperidine rings is 1. The molecule has 2 heterocycles. The zero-order valence-corrected chi connectivity index (χ0v) is 13.8. The normalized spacial score (nSPS) is 25.9. The molecule has 1 aliphatic heterocycles. The van der Waals surface area contributed by atoms with Crippen LogP contribution in [-0.4, -0.2) is 45.2 Å². The third-order valence-corrected chi connectivity index (χ3v) is 3.97. The lowest BCUT2D eigenvalue weighted by Gasteiger charge is -2.43. The highest BCUT2D eigenvalue weighted by atomic mass is 16.6. The Morgan fingerprint density at radius 1 is 1.41 bits per heavy atom. The third kappa shape index (κ3) is 3.94. The predicted octanol–water partition coefficient (Wildman–Crippen LogP) is 2.31. The van der Waals surface area contributed by atoms with Crippen LogP contribution in [0.3, 0.4) is 0 Å². The number of aromatic nitrogens is 2. The number of carbonyl (C=O) groups excluding carboxylic acids is 1. The molecule has 1 amide bonds. The summed E-state index contributed by atoms with van der Waals surface area (Å²) in [6.07, 6.45) is 6.45. The van der Waals surface area contributed by atoms with Crippen LogP contribution in [0.5, 0.6) is 0 Å². The zero-order chi connectivity index (χ0) is 16.3. The molecule has 0 aliphatic carbocycles. The topological polar surface area (TPSA) is 81.3 Å². The molecule has 0 radical (unpaired) electrons. The standard InChI is InChI=1S/C16H26N4O2/c1-5-14-13(17)6-11(12-7-18-10-19-8-12)9-20(14)15(21)22-16(2,3)4/h7-8,10-11,13-14H,5-6,9,17H2,1-4H3. The van der Waals surface area contributed by atoms with E-state index in [0.717, 1.165) is 18.4 Å². The number of nitrogens with two attached hydrogens (primary N) is 1. The molecule has 0 bridgehead atoms. The smallest absolute Gasteiger partial charge is 0.410 e. The van der Waals surface area contributed by atoms with Gasteiger partial charge in [-0.2, -0.15) is 0 Å². The largest absolute Gasteiger partial charge is 0.444 e. The van der Waals surface area contributed by atoms with E-state index < -0.39 is 5.60 Å². The van der Waals surface area contributed by atoms with E-state index in [-0.39, 0.29) is 24.1 Å². The Kier molecular flexibility index (Phi) is 5.01. The molecule has 1 aromatic rings. The molecule has 0 aromatic carbocycles. The third-order valence-electron chi connectivity index (χ3n) is 3.97. The summed E-state index contributed by atoms with van der Waals surface area (Å²) in [7, 11) is 0. The molecular formula is C16H26N4O2. The average molecular weight is 306 g/mol. The molecule has 0 spiro atoms. The quantitative estimate of drug-likeness (QED) is 0.906. The van der Waals surface area contributed by atoms with Gasteiger partial charge in [0.25, 0.3) is 0 Å². The van der Waals surface area contributed by atoms with Crippen LogP contribution in [0.4, 0.5) is 4.79 Å². The van der Waals surface area contributed by atoms with Gasteiger partial charge in [0.2, 0.25) is 0 Å². The van der Waals surface area contributed by atoms with E-state index in [1.165, 1.54) is 6.33 Å². The number of hydrogen-bond acceptors (Lipinski definition) is 5. The molecule has 1 fully saturated rings. The highest BCUT2D eigenvalue weighted by molar-refractivity contribution is 5.69. The SMILES string of the molecule is CCC1C(N)CC(c2cncnc2)CN1C(=O)OC(C)(C)C. The van der Waals surface area contributed by atoms with Gasteiger partial charge in [-0.05, 0) is 39.2 Å². The number of nitrogens with zero attached hydrogens (tertiary/aromatic N) is 3. The van der Waals surface area contributed by atoms with Crippen molar-refractivity contribution in [1.29, 1.82) is 0 Å². The van der Waals surface area contributed by atoms with Crippen molar-refractivity contribution in [3.8, 4) is 0 Å². The van der Waals surface area contributed by atoms with Crippen LogP contribution in [0.25, 0.3) is 0 Å². The summed E-state index contributed by atoms with van der Waals surface area (Å²) in [5, 5.41) is 0. The van der Waals surface area contributed by atoms with Crippen molar-refractivity contribution in [3.63, 3.8) is 0 Å². The number of amides is 1. The fourth-order valence-electron chi connectivity index (χ4n) is 2.98. The lowest BCUT2D eigenvalue weighted by Crippen LogP contribution is -2.57. The Balaban J connectivity index is 2.19. The van der Waals surface area contributed by atoms with Gasteiger partial charge in [-0.3, -0.25) is 0 Å². The fourth-order valence-corrected chi connectivity index (χ4v) is 2.98. The van der Waals surface area contributed by atoms with Crippen molar-refractivity contribution < 1.29 is 9.53 Å². The van der Waals surface area contributed by atoms with Crippen LogP contribution in [0.1, 0.15) is 52.0 Å². The first-order valence-electron chi connectivity index (χ1n) is 7.82. The van der Waals surface area contributed by atoms with Gasteiger partial charge in [-0.1, -0.05) is 6.92 Å². The first-order chi connectivity index (χ1) is 10.3.